The van der Waals surface area contributed by atoms with Crippen LogP contribution in [0, 0.1) is 5.92 Å². The largest absolute Gasteiger partial charge is 0.326 e. The van der Waals surface area contributed by atoms with Gasteiger partial charge in [0, 0.05) is 18.8 Å². The summed E-state index contributed by atoms with van der Waals surface area (Å²) in [5, 5.41) is 0.0712. The summed E-state index contributed by atoms with van der Waals surface area (Å²) in [6, 6.07) is 3.28. The molecule has 0 radical (unpaired) electrons. The number of pyridine rings is 1. The van der Waals surface area contributed by atoms with Crippen LogP contribution in [0.4, 0.5) is 0 Å². The third-order valence-electron chi connectivity index (χ3n) is 3.20. The molecule has 0 amide bonds. The lowest BCUT2D eigenvalue weighted by Crippen LogP contribution is -2.27. The Morgan fingerprint density at radius 3 is 2.83 bits per heavy atom. The van der Waals surface area contributed by atoms with Crippen LogP contribution in [0.25, 0.3) is 0 Å². The Labute approximate surface area is 108 Å². The lowest BCUT2D eigenvalue weighted by molar-refractivity contribution is 0.569. The maximum absolute atomic E-state index is 12.0. The summed E-state index contributed by atoms with van der Waals surface area (Å²) in [5.41, 5.74) is 6.27. The number of hydrogen-bond donors (Lipinski definition) is 2. The third-order valence-corrected chi connectivity index (χ3v) is 4.60. The molecule has 1 fully saturated rings. The van der Waals surface area contributed by atoms with E-state index in [9.17, 15) is 8.42 Å². The highest BCUT2D eigenvalue weighted by atomic mass is 32.2. The Kier molecular flexibility index (Phi) is 3.99. The fraction of sp³-hybridized carbons (Fsp3) is 0.583. The lowest BCUT2D eigenvalue weighted by Gasteiger charge is -2.06. The van der Waals surface area contributed by atoms with Gasteiger partial charge in [0.15, 0.2) is 5.03 Å². The predicted octanol–water partition coefficient (Wildman–Crippen LogP) is 1.01. The molecule has 2 unspecified atom stereocenters. The Morgan fingerprint density at radius 1 is 1.50 bits per heavy atom. The molecule has 1 aliphatic rings. The zero-order valence-electron chi connectivity index (χ0n) is 10.5. The van der Waals surface area contributed by atoms with Crippen LogP contribution >= 0.6 is 0 Å². The van der Waals surface area contributed by atoms with Crippen molar-refractivity contribution in [3.05, 3.63) is 23.9 Å². The SMILES string of the molecule is CCCC1CC1NS(=O)(=O)c1ccc(CN)cn1. The zero-order chi connectivity index (χ0) is 13.2. The Hall–Kier alpha value is -0.980. The summed E-state index contributed by atoms with van der Waals surface area (Å²) >= 11 is 0. The lowest BCUT2D eigenvalue weighted by atomic mass is 10.2. The van der Waals surface area contributed by atoms with Crippen molar-refractivity contribution in [3.8, 4) is 0 Å². The molecule has 0 spiro atoms. The summed E-state index contributed by atoms with van der Waals surface area (Å²) in [5.74, 6) is 0.494. The first kappa shape index (κ1) is 13.5. The van der Waals surface area contributed by atoms with Crippen LogP contribution in [-0.2, 0) is 16.6 Å². The van der Waals surface area contributed by atoms with Gasteiger partial charge in [0.2, 0.25) is 0 Å². The third kappa shape index (κ3) is 3.07. The fourth-order valence-corrected chi connectivity index (χ4v) is 3.28. The Balaban J connectivity index is 2.02. The van der Waals surface area contributed by atoms with E-state index >= 15 is 0 Å². The summed E-state index contributed by atoms with van der Waals surface area (Å²) in [6.45, 7) is 2.47. The molecule has 0 bridgehead atoms. The van der Waals surface area contributed by atoms with E-state index in [1.54, 1.807) is 6.07 Å². The van der Waals surface area contributed by atoms with E-state index in [1.807, 2.05) is 0 Å². The molecule has 100 valence electrons. The first-order valence-corrected chi connectivity index (χ1v) is 7.72. The summed E-state index contributed by atoms with van der Waals surface area (Å²) < 4.78 is 26.8. The van der Waals surface area contributed by atoms with Gasteiger partial charge >= 0.3 is 0 Å². The molecule has 0 aromatic carbocycles. The topological polar surface area (TPSA) is 85.1 Å². The molecular formula is C12H19N3O2S. The van der Waals surface area contributed by atoms with Crippen LogP contribution < -0.4 is 10.5 Å². The molecule has 0 saturated heterocycles. The number of nitrogens with one attached hydrogen (secondary N) is 1. The first-order valence-electron chi connectivity index (χ1n) is 6.24. The average molecular weight is 269 g/mol. The maximum Gasteiger partial charge on any atom is 0.258 e. The quantitative estimate of drug-likeness (QED) is 0.807. The number of rotatable bonds is 6. The number of nitrogens with two attached hydrogens (primary N) is 1. The molecule has 0 aliphatic heterocycles. The number of aromatic nitrogens is 1. The van der Waals surface area contributed by atoms with Gasteiger partial charge in [-0.15, -0.1) is 0 Å². The smallest absolute Gasteiger partial charge is 0.258 e. The van der Waals surface area contributed by atoms with Gasteiger partial charge in [0.25, 0.3) is 10.0 Å². The molecule has 2 rings (SSSR count). The minimum absolute atomic E-state index is 0.0712. The second-order valence-electron chi connectivity index (χ2n) is 4.72. The van der Waals surface area contributed by atoms with Crippen LogP contribution in [0.3, 0.4) is 0 Å². The van der Waals surface area contributed by atoms with Crippen molar-refractivity contribution in [1.29, 1.82) is 0 Å². The monoisotopic (exact) mass is 269 g/mol. The van der Waals surface area contributed by atoms with Crippen molar-refractivity contribution in [2.45, 2.75) is 43.8 Å². The van der Waals surface area contributed by atoms with Crippen molar-refractivity contribution in [1.82, 2.24) is 9.71 Å². The molecule has 2 atom stereocenters. The van der Waals surface area contributed by atoms with Crippen LogP contribution in [0.1, 0.15) is 31.7 Å². The average Bonchev–Trinajstić information content (AvgIpc) is 3.07. The minimum atomic E-state index is -3.48. The van der Waals surface area contributed by atoms with Crippen molar-refractivity contribution in [2.75, 3.05) is 0 Å². The van der Waals surface area contributed by atoms with Crippen LogP contribution in [0.15, 0.2) is 23.4 Å². The highest BCUT2D eigenvalue weighted by molar-refractivity contribution is 7.89. The summed E-state index contributed by atoms with van der Waals surface area (Å²) in [6.07, 6.45) is 4.61. The van der Waals surface area contributed by atoms with E-state index in [-0.39, 0.29) is 11.1 Å². The Bertz CT molecular complexity index is 499. The van der Waals surface area contributed by atoms with Crippen molar-refractivity contribution < 1.29 is 8.42 Å². The molecule has 1 aliphatic carbocycles. The molecule has 3 N–H and O–H groups in total. The summed E-state index contributed by atoms with van der Waals surface area (Å²) in [7, 11) is -3.48. The molecule has 6 heteroatoms. The van der Waals surface area contributed by atoms with E-state index in [1.165, 1.54) is 12.3 Å². The standard InChI is InChI=1S/C12H19N3O2S/c1-2-3-10-6-11(10)15-18(16,17)12-5-4-9(7-13)8-14-12/h4-5,8,10-11,15H,2-3,6-7,13H2,1H3. The first-order chi connectivity index (χ1) is 8.56. The van der Waals surface area contributed by atoms with Crippen LogP contribution in [0.2, 0.25) is 0 Å². The molecule has 1 aromatic heterocycles. The van der Waals surface area contributed by atoms with Crippen LogP contribution in [-0.4, -0.2) is 19.4 Å². The maximum atomic E-state index is 12.0. The second-order valence-corrected chi connectivity index (χ2v) is 6.38. The number of nitrogens with zero attached hydrogens (tertiary/aromatic N) is 1. The minimum Gasteiger partial charge on any atom is -0.326 e. The number of sulfonamides is 1. The highest BCUT2D eigenvalue weighted by Gasteiger charge is 2.39. The normalized spacial score (nSPS) is 23.0. The van der Waals surface area contributed by atoms with E-state index in [0.29, 0.717) is 12.5 Å². The van der Waals surface area contributed by atoms with E-state index in [0.717, 1.165) is 24.8 Å². The van der Waals surface area contributed by atoms with E-state index < -0.39 is 10.0 Å². The van der Waals surface area contributed by atoms with Crippen molar-refractivity contribution in [2.24, 2.45) is 11.7 Å². The molecule has 1 saturated carbocycles. The van der Waals surface area contributed by atoms with Gasteiger partial charge in [-0.1, -0.05) is 19.4 Å². The van der Waals surface area contributed by atoms with Crippen LogP contribution in [0.5, 0.6) is 0 Å². The van der Waals surface area contributed by atoms with Gasteiger partial charge in [0.05, 0.1) is 0 Å². The molecule has 1 heterocycles. The van der Waals surface area contributed by atoms with Gasteiger partial charge in [-0.05, 0) is 30.4 Å². The number of hydrogen-bond acceptors (Lipinski definition) is 4. The zero-order valence-corrected chi connectivity index (χ0v) is 11.3. The van der Waals surface area contributed by atoms with Gasteiger partial charge in [-0.2, -0.15) is 0 Å². The second kappa shape index (κ2) is 5.34. The van der Waals surface area contributed by atoms with Crippen molar-refractivity contribution in [3.63, 3.8) is 0 Å². The van der Waals surface area contributed by atoms with Gasteiger partial charge in [-0.3, -0.25) is 0 Å². The predicted molar refractivity (Wildman–Crippen MR) is 69.3 cm³/mol. The van der Waals surface area contributed by atoms with Crippen molar-refractivity contribution >= 4 is 10.0 Å². The van der Waals surface area contributed by atoms with Gasteiger partial charge < -0.3 is 5.73 Å². The van der Waals surface area contributed by atoms with E-state index in [2.05, 4.69) is 16.6 Å². The molecular weight excluding hydrogens is 250 g/mol. The van der Waals surface area contributed by atoms with Gasteiger partial charge in [-0.25, -0.2) is 18.1 Å². The Morgan fingerprint density at radius 2 is 2.28 bits per heavy atom. The molecule has 18 heavy (non-hydrogen) atoms. The fourth-order valence-electron chi connectivity index (χ4n) is 2.03. The van der Waals surface area contributed by atoms with E-state index in [4.69, 9.17) is 5.73 Å². The summed E-state index contributed by atoms with van der Waals surface area (Å²) in [4.78, 5) is 3.94. The highest BCUT2D eigenvalue weighted by Crippen LogP contribution is 2.35. The molecule has 1 aromatic rings. The van der Waals surface area contributed by atoms with Gasteiger partial charge in [0.1, 0.15) is 0 Å². The molecule has 5 nitrogen and oxygen atoms in total.